The predicted molar refractivity (Wildman–Crippen MR) is 90.0 cm³/mol. The van der Waals surface area contributed by atoms with Crippen molar-refractivity contribution in [2.75, 3.05) is 30.3 Å². The number of thioether (sulfide) groups is 1. The minimum Gasteiger partial charge on any atom is -0.399 e. The van der Waals surface area contributed by atoms with E-state index in [0.717, 1.165) is 29.8 Å². The molecule has 4 nitrogen and oxygen atoms in total. The van der Waals surface area contributed by atoms with Crippen LogP contribution >= 0.6 is 11.8 Å². The summed E-state index contributed by atoms with van der Waals surface area (Å²) in [4.78, 5) is 1.06. The van der Waals surface area contributed by atoms with Crippen LogP contribution in [0.3, 0.4) is 0 Å². The van der Waals surface area contributed by atoms with Crippen LogP contribution in [0.5, 0.6) is 0 Å². The lowest BCUT2D eigenvalue weighted by Crippen LogP contribution is -2.40. The number of nitrogens with zero attached hydrogens (tertiary/aromatic N) is 1. The molecule has 0 spiro atoms. The van der Waals surface area contributed by atoms with Crippen molar-refractivity contribution in [3.05, 3.63) is 24.3 Å². The van der Waals surface area contributed by atoms with Gasteiger partial charge in [-0.1, -0.05) is 13.3 Å². The van der Waals surface area contributed by atoms with Crippen LogP contribution in [0.4, 0.5) is 5.69 Å². The third-order valence-corrected chi connectivity index (χ3v) is 7.18. The maximum Gasteiger partial charge on any atom is 0.214 e. The quantitative estimate of drug-likeness (QED) is 0.644. The van der Waals surface area contributed by atoms with Crippen LogP contribution in [0.25, 0.3) is 0 Å². The van der Waals surface area contributed by atoms with Crippen molar-refractivity contribution >= 4 is 27.5 Å². The maximum atomic E-state index is 12.3. The molecule has 0 atom stereocenters. The highest BCUT2D eigenvalue weighted by atomic mass is 32.2. The van der Waals surface area contributed by atoms with Gasteiger partial charge >= 0.3 is 0 Å². The number of nitrogen functional groups attached to an aromatic ring is 1. The molecule has 2 rings (SSSR count). The van der Waals surface area contributed by atoms with E-state index >= 15 is 0 Å². The number of hydrogen-bond acceptors (Lipinski definition) is 4. The molecule has 0 aromatic heterocycles. The summed E-state index contributed by atoms with van der Waals surface area (Å²) < 4.78 is 26.3. The van der Waals surface area contributed by atoms with Gasteiger partial charge in [0.25, 0.3) is 0 Å². The van der Waals surface area contributed by atoms with Crippen molar-refractivity contribution in [2.24, 2.45) is 5.92 Å². The minimum atomic E-state index is -3.11. The Kier molecular flexibility index (Phi) is 5.96. The number of piperidine rings is 1. The lowest BCUT2D eigenvalue weighted by atomic mass is 9.96. The molecule has 0 radical (unpaired) electrons. The van der Waals surface area contributed by atoms with Crippen molar-refractivity contribution < 1.29 is 8.42 Å². The van der Waals surface area contributed by atoms with Gasteiger partial charge in [0.15, 0.2) is 0 Å². The van der Waals surface area contributed by atoms with Crippen molar-refractivity contribution in [1.82, 2.24) is 4.31 Å². The zero-order valence-electron chi connectivity index (χ0n) is 12.5. The Hall–Kier alpha value is -0.720. The number of sulfonamides is 1. The summed E-state index contributed by atoms with van der Waals surface area (Å²) in [5, 5.41) is 0. The fraction of sp³-hybridized carbons (Fsp3) is 0.600. The van der Waals surface area contributed by atoms with E-state index < -0.39 is 10.0 Å². The van der Waals surface area contributed by atoms with Crippen LogP contribution in [-0.2, 0) is 10.0 Å². The van der Waals surface area contributed by atoms with Gasteiger partial charge in [-0.15, -0.1) is 11.8 Å². The van der Waals surface area contributed by atoms with Crippen LogP contribution in [0.15, 0.2) is 29.2 Å². The van der Waals surface area contributed by atoms with Crippen molar-refractivity contribution in [3.63, 3.8) is 0 Å². The molecule has 1 heterocycles. The average Bonchev–Trinajstić information content (AvgIpc) is 2.49. The topological polar surface area (TPSA) is 63.4 Å². The second-order valence-electron chi connectivity index (χ2n) is 5.48. The number of nitrogens with two attached hydrogens (primary N) is 1. The molecule has 1 aromatic rings. The first kappa shape index (κ1) is 16.6. The zero-order chi connectivity index (χ0) is 15.3. The molecule has 0 amide bonds. The van der Waals surface area contributed by atoms with Crippen LogP contribution in [0.2, 0.25) is 0 Å². The van der Waals surface area contributed by atoms with Gasteiger partial charge in [-0.05, 0) is 43.0 Å². The first-order valence-corrected chi connectivity index (χ1v) is 10.1. The molecule has 21 heavy (non-hydrogen) atoms. The Morgan fingerprint density at radius 1 is 1.24 bits per heavy atom. The van der Waals surface area contributed by atoms with Gasteiger partial charge in [0.1, 0.15) is 0 Å². The summed E-state index contributed by atoms with van der Waals surface area (Å²) in [6, 6.07) is 7.54. The van der Waals surface area contributed by atoms with E-state index in [1.165, 1.54) is 0 Å². The molecule has 1 aromatic carbocycles. The van der Waals surface area contributed by atoms with Crippen LogP contribution < -0.4 is 5.73 Å². The van der Waals surface area contributed by atoms with E-state index in [4.69, 9.17) is 5.73 Å². The number of benzene rings is 1. The van der Waals surface area contributed by atoms with E-state index in [0.29, 0.717) is 24.8 Å². The Morgan fingerprint density at radius 3 is 2.43 bits per heavy atom. The molecule has 2 N–H and O–H groups in total. The molecule has 1 fully saturated rings. The fourth-order valence-corrected chi connectivity index (χ4v) is 5.32. The smallest absolute Gasteiger partial charge is 0.214 e. The Bertz CT molecular complexity index is 535. The Labute approximate surface area is 132 Å². The van der Waals surface area contributed by atoms with Crippen LogP contribution in [-0.4, -0.2) is 37.3 Å². The van der Waals surface area contributed by atoms with Gasteiger partial charge < -0.3 is 5.73 Å². The standard InChI is InChI=1S/C15H24N2O2S2/c1-2-13-7-9-17(10-8-13)21(18,19)12-11-20-15-5-3-14(16)4-6-15/h3-6,13H,2,7-12,16H2,1H3. The second kappa shape index (κ2) is 7.51. The van der Waals surface area contributed by atoms with Crippen molar-refractivity contribution in [3.8, 4) is 0 Å². The van der Waals surface area contributed by atoms with Gasteiger partial charge in [-0.25, -0.2) is 12.7 Å². The number of rotatable bonds is 6. The molecule has 0 aliphatic carbocycles. The van der Waals surface area contributed by atoms with E-state index in [-0.39, 0.29) is 5.75 Å². The summed E-state index contributed by atoms with van der Waals surface area (Å²) in [5.41, 5.74) is 6.36. The van der Waals surface area contributed by atoms with Crippen molar-refractivity contribution in [1.29, 1.82) is 0 Å². The lowest BCUT2D eigenvalue weighted by Gasteiger charge is -2.30. The van der Waals surface area contributed by atoms with E-state index in [2.05, 4.69) is 6.92 Å². The van der Waals surface area contributed by atoms with Gasteiger partial charge in [-0.3, -0.25) is 0 Å². The molecule has 1 saturated heterocycles. The SMILES string of the molecule is CCC1CCN(S(=O)(=O)CCSc2ccc(N)cc2)CC1. The van der Waals surface area contributed by atoms with Gasteiger partial charge in [0, 0.05) is 29.4 Å². The molecule has 1 aliphatic rings. The largest absolute Gasteiger partial charge is 0.399 e. The third-order valence-electron chi connectivity index (χ3n) is 4.03. The van der Waals surface area contributed by atoms with E-state index in [1.807, 2.05) is 24.3 Å². The minimum absolute atomic E-state index is 0.207. The van der Waals surface area contributed by atoms with E-state index in [1.54, 1.807) is 16.1 Å². The molecular formula is C15H24N2O2S2. The Morgan fingerprint density at radius 2 is 1.86 bits per heavy atom. The highest BCUT2D eigenvalue weighted by molar-refractivity contribution is 8.00. The van der Waals surface area contributed by atoms with Gasteiger partial charge in [0.05, 0.1) is 5.75 Å². The summed E-state index contributed by atoms with van der Waals surface area (Å²) in [5.74, 6) is 1.49. The van der Waals surface area contributed by atoms with Gasteiger partial charge in [-0.2, -0.15) is 0 Å². The lowest BCUT2D eigenvalue weighted by molar-refractivity contribution is 0.269. The van der Waals surface area contributed by atoms with E-state index in [9.17, 15) is 8.42 Å². The van der Waals surface area contributed by atoms with Crippen molar-refractivity contribution in [2.45, 2.75) is 31.1 Å². The fourth-order valence-electron chi connectivity index (χ4n) is 2.55. The zero-order valence-corrected chi connectivity index (χ0v) is 14.1. The summed E-state index contributed by atoms with van der Waals surface area (Å²) >= 11 is 1.56. The number of hydrogen-bond donors (Lipinski definition) is 1. The molecule has 0 saturated carbocycles. The summed E-state index contributed by atoms with van der Waals surface area (Å²) in [6.07, 6.45) is 3.16. The molecule has 1 aliphatic heterocycles. The predicted octanol–water partition coefficient (Wildman–Crippen LogP) is 2.81. The monoisotopic (exact) mass is 328 g/mol. The molecule has 6 heteroatoms. The average molecular weight is 329 g/mol. The maximum absolute atomic E-state index is 12.3. The molecular weight excluding hydrogens is 304 g/mol. The summed E-state index contributed by atoms with van der Waals surface area (Å²) in [6.45, 7) is 3.55. The Balaban J connectivity index is 1.80. The highest BCUT2D eigenvalue weighted by Crippen LogP contribution is 2.24. The highest BCUT2D eigenvalue weighted by Gasteiger charge is 2.26. The molecule has 0 unspecified atom stereocenters. The number of anilines is 1. The summed E-state index contributed by atoms with van der Waals surface area (Å²) in [7, 11) is -3.11. The second-order valence-corrected chi connectivity index (χ2v) is 8.74. The first-order valence-electron chi connectivity index (χ1n) is 7.47. The van der Waals surface area contributed by atoms with Crippen LogP contribution in [0, 0.1) is 5.92 Å². The first-order chi connectivity index (χ1) is 10.0. The van der Waals surface area contributed by atoms with Crippen LogP contribution in [0.1, 0.15) is 26.2 Å². The normalized spacial score (nSPS) is 18.0. The van der Waals surface area contributed by atoms with Gasteiger partial charge in [0.2, 0.25) is 10.0 Å². The molecule has 118 valence electrons. The molecule has 0 bridgehead atoms. The third kappa shape index (κ3) is 4.90.